The molecule has 1 atom stereocenters. The van der Waals surface area contributed by atoms with E-state index in [0.29, 0.717) is 24.8 Å². The zero-order valence-corrected chi connectivity index (χ0v) is 21.6. The van der Waals surface area contributed by atoms with E-state index in [2.05, 4.69) is 21.8 Å². The molecular weight excluding hydrogens is 503 g/mol. The lowest BCUT2D eigenvalue weighted by Crippen LogP contribution is -2.35. The molecule has 1 saturated heterocycles. The molecule has 1 aromatic carbocycles. The third-order valence-corrected chi connectivity index (χ3v) is 7.75. The first-order valence-corrected chi connectivity index (χ1v) is 14.0. The van der Waals surface area contributed by atoms with Gasteiger partial charge in [-0.1, -0.05) is 32.0 Å². The summed E-state index contributed by atoms with van der Waals surface area (Å²) in [5.41, 5.74) is -1.18. The van der Waals surface area contributed by atoms with Crippen LogP contribution in [0.4, 0.5) is 19.0 Å². The normalized spacial score (nSPS) is 16.6. The molecule has 0 radical (unpaired) electrons. The molecule has 2 aromatic heterocycles. The van der Waals surface area contributed by atoms with Gasteiger partial charge in [-0.05, 0) is 61.6 Å². The third-order valence-electron chi connectivity index (χ3n) is 6.21. The Morgan fingerprint density at radius 3 is 2.57 bits per heavy atom. The van der Waals surface area contributed by atoms with Crippen molar-refractivity contribution in [2.45, 2.75) is 50.1 Å². The molecule has 1 aliphatic heterocycles. The third kappa shape index (κ3) is 6.41. The highest BCUT2D eigenvalue weighted by Crippen LogP contribution is 2.39. The molecule has 4 rings (SSSR count). The van der Waals surface area contributed by atoms with Gasteiger partial charge in [-0.25, -0.2) is 13.4 Å². The molecule has 1 fully saturated rings. The summed E-state index contributed by atoms with van der Waals surface area (Å²) < 4.78 is 73.9. The van der Waals surface area contributed by atoms with Crippen LogP contribution in [0.3, 0.4) is 0 Å². The summed E-state index contributed by atoms with van der Waals surface area (Å²) in [7, 11) is -3.97. The van der Waals surface area contributed by atoms with Gasteiger partial charge in [0.2, 0.25) is 9.84 Å². The zero-order valence-electron chi connectivity index (χ0n) is 20.8. The highest BCUT2D eigenvalue weighted by Gasteiger charge is 2.36. The minimum Gasteiger partial charge on any atom is -0.493 e. The molecule has 3 heterocycles. The number of hydrogen-bond acceptors (Lipinski definition) is 6. The number of hydrogen-bond donors (Lipinski definition) is 0. The van der Waals surface area contributed by atoms with Crippen molar-refractivity contribution in [2.24, 2.45) is 5.92 Å². The maximum absolute atomic E-state index is 13.9. The Kier molecular flexibility index (Phi) is 8.06. The fourth-order valence-corrected chi connectivity index (χ4v) is 5.65. The number of sulfone groups is 1. The van der Waals surface area contributed by atoms with Gasteiger partial charge < -0.3 is 9.64 Å². The van der Waals surface area contributed by atoms with Crippen molar-refractivity contribution in [2.75, 3.05) is 24.6 Å². The summed E-state index contributed by atoms with van der Waals surface area (Å²) in [4.78, 5) is 10.7. The average Bonchev–Trinajstić information content (AvgIpc) is 2.87. The summed E-state index contributed by atoms with van der Waals surface area (Å²) in [5.74, 6) is 0.737. The minimum atomic E-state index is -4.68. The minimum absolute atomic E-state index is 0.00732. The summed E-state index contributed by atoms with van der Waals surface area (Å²) in [6.07, 6.45) is -1.89. The molecule has 0 bridgehead atoms. The lowest BCUT2D eigenvalue weighted by molar-refractivity contribution is -0.137. The summed E-state index contributed by atoms with van der Waals surface area (Å²) in [6.45, 7) is 5.95. The molecule has 0 saturated carbocycles. The number of halogens is 3. The van der Waals surface area contributed by atoms with Crippen molar-refractivity contribution in [3.8, 4) is 17.0 Å². The van der Waals surface area contributed by atoms with E-state index in [-0.39, 0.29) is 27.7 Å². The number of piperidine rings is 1. The number of rotatable bonds is 8. The topological polar surface area (TPSA) is 72.4 Å². The Balaban J connectivity index is 1.69. The molecule has 0 spiro atoms. The molecular formula is C27H30F3N3O3S. The molecule has 3 aromatic rings. The standard InChI is InChI=1S/C27H30F3N3O3S/c1-3-16-36-23-10-5-4-9-21(23)26-22(27(28,29)30)14-13-20(31-26)18-37(34,35)25-12-6-11-24(32-25)33-15-7-8-19(2)17-33/h4-6,9-14,19H,3,7-8,15-18H2,1-2H3/t19-/m0/s1. The van der Waals surface area contributed by atoms with E-state index in [1.54, 1.807) is 30.3 Å². The van der Waals surface area contributed by atoms with Crippen LogP contribution < -0.4 is 9.64 Å². The van der Waals surface area contributed by atoms with Crippen LogP contribution in [0.25, 0.3) is 11.3 Å². The van der Waals surface area contributed by atoms with Crippen LogP contribution in [0.15, 0.2) is 59.6 Å². The Bertz CT molecular complexity index is 1350. The van der Waals surface area contributed by atoms with Crippen molar-refractivity contribution in [3.05, 3.63) is 65.9 Å². The number of alkyl halides is 3. The fraction of sp³-hybridized carbons (Fsp3) is 0.407. The SMILES string of the molecule is CCCOc1ccccc1-c1nc(CS(=O)(=O)c2cccc(N3CCC[C@H](C)C3)n2)ccc1C(F)(F)F. The van der Waals surface area contributed by atoms with Crippen LogP contribution in [0, 0.1) is 5.92 Å². The number of benzene rings is 1. The first-order valence-electron chi connectivity index (χ1n) is 12.3. The number of pyridine rings is 2. The van der Waals surface area contributed by atoms with Gasteiger partial charge in [0.05, 0.1) is 29.3 Å². The summed E-state index contributed by atoms with van der Waals surface area (Å²) in [5, 5.41) is -0.127. The largest absolute Gasteiger partial charge is 0.493 e. The monoisotopic (exact) mass is 533 g/mol. The van der Waals surface area contributed by atoms with Gasteiger partial charge in [0.25, 0.3) is 0 Å². The molecule has 10 heteroatoms. The van der Waals surface area contributed by atoms with E-state index in [1.165, 1.54) is 12.1 Å². The second-order valence-corrected chi connectivity index (χ2v) is 11.3. The van der Waals surface area contributed by atoms with Crippen LogP contribution >= 0.6 is 0 Å². The predicted octanol–water partition coefficient (Wildman–Crippen LogP) is 6.16. The number of para-hydroxylation sites is 1. The fourth-order valence-electron chi connectivity index (χ4n) is 4.43. The van der Waals surface area contributed by atoms with E-state index in [1.807, 2.05) is 6.92 Å². The number of ether oxygens (including phenoxy) is 1. The number of aromatic nitrogens is 2. The molecule has 0 aliphatic carbocycles. The van der Waals surface area contributed by atoms with E-state index < -0.39 is 27.3 Å². The Morgan fingerprint density at radius 1 is 1.05 bits per heavy atom. The van der Waals surface area contributed by atoms with Gasteiger partial charge in [0.1, 0.15) is 11.6 Å². The van der Waals surface area contributed by atoms with Crippen LogP contribution in [-0.2, 0) is 21.8 Å². The predicted molar refractivity (Wildman–Crippen MR) is 136 cm³/mol. The molecule has 37 heavy (non-hydrogen) atoms. The second-order valence-electron chi connectivity index (χ2n) is 9.33. The van der Waals surface area contributed by atoms with Crippen molar-refractivity contribution >= 4 is 15.7 Å². The van der Waals surface area contributed by atoms with E-state index in [4.69, 9.17) is 4.74 Å². The van der Waals surface area contributed by atoms with Crippen molar-refractivity contribution in [1.82, 2.24) is 9.97 Å². The van der Waals surface area contributed by atoms with E-state index in [0.717, 1.165) is 38.1 Å². The molecule has 0 amide bonds. The molecule has 198 valence electrons. The summed E-state index contributed by atoms with van der Waals surface area (Å²) in [6, 6.07) is 13.1. The van der Waals surface area contributed by atoms with Crippen molar-refractivity contribution in [1.29, 1.82) is 0 Å². The lowest BCUT2D eigenvalue weighted by Gasteiger charge is -2.32. The average molecular weight is 534 g/mol. The van der Waals surface area contributed by atoms with Gasteiger partial charge in [0.15, 0.2) is 5.03 Å². The van der Waals surface area contributed by atoms with Gasteiger partial charge in [-0.2, -0.15) is 13.2 Å². The number of anilines is 1. The molecule has 0 N–H and O–H groups in total. The summed E-state index contributed by atoms with van der Waals surface area (Å²) >= 11 is 0. The Hall–Kier alpha value is -3.14. The van der Waals surface area contributed by atoms with Gasteiger partial charge >= 0.3 is 6.18 Å². The van der Waals surface area contributed by atoms with Crippen LogP contribution in [-0.4, -0.2) is 38.1 Å². The van der Waals surface area contributed by atoms with Crippen molar-refractivity contribution in [3.63, 3.8) is 0 Å². The van der Waals surface area contributed by atoms with Gasteiger partial charge in [-0.15, -0.1) is 0 Å². The first kappa shape index (κ1) is 26.9. The van der Waals surface area contributed by atoms with Crippen LogP contribution in [0.2, 0.25) is 0 Å². The van der Waals surface area contributed by atoms with Gasteiger partial charge in [-0.3, -0.25) is 4.98 Å². The maximum Gasteiger partial charge on any atom is 0.418 e. The van der Waals surface area contributed by atoms with Crippen LogP contribution in [0.5, 0.6) is 5.75 Å². The smallest absolute Gasteiger partial charge is 0.418 e. The Labute approximate surface area is 215 Å². The van der Waals surface area contributed by atoms with Gasteiger partial charge in [0, 0.05) is 18.7 Å². The lowest BCUT2D eigenvalue weighted by atomic mass is 10.0. The highest BCUT2D eigenvalue weighted by molar-refractivity contribution is 7.90. The van der Waals surface area contributed by atoms with E-state index in [9.17, 15) is 21.6 Å². The van der Waals surface area contributed by atoms with Crippen molar-refractivity contribution < 1.29 is 26.3 Å². The van der Waals surface area contributed by atoms with Crippen LogP contribution in [0.1, 0.15) is 44.4 Å². The first-order chi connectivity index (χ1) is 17.6. The molecule has 1 aliphatic rings. The van der Waals surface area contributed by atoms with E-state index >= 15 is 0 Å². The zero-order chi connectivity index (χ0) is 26.6. The number of nitrogens with zero attached hydrogens (tertiary/aromatic N) is 3. The molecule has 6 nitrogen and oxygen atoms in total. The quantitative estimate of drug-likeness (QED) is 0.345. The Morgan fingerprint density at radius 2 is 1.84 bits per heavy atom. The highest BCUT2D eigenvalue weighted by atomic mass is 32.2. The molecule has 0 unspecified atom stereocenters. The second kappa shape index (κ2) is 11.1. The maximum atomic E-state index is 13.9.